The molecule has 0 spiro atoms. The van der Waals surface area contributed by atoms with Gasteiger partial charge in [-0.3, -0.25) is 0 Å². The second kappa shape index (κ2) is 11.3. The maximum Gasteiger partial charge on any atom is 0.422 e. The summed E-state index contributed by atoms with van der Waals surface area (Å²) >= 11 is 0. The lowest BCUT2D eigenvalue weighted by Gasteiger charge is -2.15. The fourth-order valence-corrected chi connectivity index (χ4v) is 3.39. The minimum Gasteiger partial charge on any atom is -0.483 e. The lowest BCUT2D eigenvalue weighted by molar-refractivity contribution is -0.153. The van der Waals surface area contributed by atoms with E-state index in [2.05, 4.69) is 10.9 Å². The molecular formula is C29H22F3NO3. The number of pyridine rings is 1. The van der Waals surface area contributed by atoms with Crippen LogP contribution in [0.5, 0.6) is 17.5 Å². The second-order valence-corrected chi connectivity index (χ2v) is 7.81. The van der Waals surface area contributed by atoms with Crippen LogP contribution in [0, 0.1) is 12.3 Å². The van der Waals surface area contributed by atoms with Gasteiger partial charge in [-0.2, -0.15) is 18.2 Å². The maximum atomic E-state index is 12.6. The van der Waals surface area contributed by atoms with Gasteiger partial charge in [0.15, 0.2) is 6.61 Å². The van der Waals surface area contributed by atoms with Gasteiger partial charge in [-0.15, -0.1) is 6.42 Å². The Morgan fingerprint density at radius 3 is 2.00 bits per heavy atom. The lowest BCUT2D eigenvalue weighted by Crippen LogP contribution is -2.19. The molecule has 0 saturated heterocycles. The number of hydrogen-bond acceptors (Lipinski definition) is 4. The van der Waals surface area contributed by atoms with Gasteiger partial charge in [0.25, 0.3) is 0 Å². The van der Waals surface area contributed by atoms with E-state index in [1.165, 1.54) is 6.07 Å². The number of halogens is 3. The van der Waals surface area contributed by atoms with Crippen LogP contribution in [-0.2, 0) is 13.2 Å². The fourth-order valence-electron chi connectivity index (χ4n) is 3.39. The number of nitrogens with zero attached hydrogens (tertiary/aromatic N) is 1. The number of benzene rings is 3. The molecule has 0 aliphatic rings. The number of aromatic nitrogens is 1. The highest BCUT2D eigenvalue weighted by Gasteiger charge is 2.28. The smallest absolute Gasteiger partial charge is 0.422 e. The van der Waals surface area contributed by atoms with E-state index < -0.39 is 12.8 Å². The van der Waals surface area contributed by atoms with Gasteiger partial charge >= 0.3 is 6.18 Å². The van der Waals surface area contributed by atoms with Crippen molar-refractivity contribution in [2.45, 2.75) is 19.4 Å². The highest BCUT2D eigenvalue weighted by atomic mass is 19.4. The Morgan fingerprint density at radius 1 is 0.750 bits per heavy atom. The SMILES string of the molecule is C#Cc1cc(-c2ccc(OCc3ccccc3)nc2OCc2ccccc2)ccc1OCC(F)(F)F. The first-order valence-corrected chi connectivity index (χ1v) is 11.1. The van der Waals surface area contributed by atoms with Crippen molar-refractivity contribution in [1.82, 2.24) is 4.98 Å². The Hall–Kier alpha value is -4.44. The van der Waals surface area contributed by atoms with Crippen LogP contribution in [0.2, 0.25) is 0 Å². The van der Waals surface area contributed by atoms with Gasteiger partial charge in [0.2, 0.25) is 11.8 Å². The van der Waals surface area contributed by atoms with Gasteiger partial charge in [0, 0.05) is 11.6 Å². The summed E-state index contributed by atoms with van der Waals surface area (Å²) in [6.07, 6.45) is 1.08. The summed E-state index contributed by atoms with van der Waals surface area (Å²) in [5.74, 6) is 3.03. The van der Waals surface area contributed by atoms with Crippen LogP contribution in [0.4, 0.5) is 13.2 Å². The van der Waals surface area contributed by atoms with Crippen LogP contribution in [0.3, 0.4) is 0 Å². The van der Waals surface area contributed by atoms with E-state index in [1.807, 2.05) is 60.7 Å². The third-order valence-electron chi connectivity index (χ3n) is 5.12. The molecule has 4 nitrogen and oxygen atoms in total. The first kappa shape index (κ1) is 24.7. The van der Waals surface area contributed by atoms with E-state index in [0.717, 1.165) is 11.1 Å². The number of ether oxygens (including phenoxy) is 3. The largest absolute Gasteiger partial charge is 0.483 e. The van der Waals surface area contributed by atoms with Gasteiger partial charge in [0.05, 0.1) is 5.56 Å². The molecule has 0 atom stereocenters. The molecule has 36 heavy (non-hydrogen) atoms. The predicted molar refractivity (Wildman–Crippen MR) is 131 cm³/mol. The molecule has 4 rings (SSSR count). The van der Waals surface area contributed by atoms with Crippen LogP contribution in [0.25, 0.3) is 11.1 Å². The normalized spacial score (nSPS) is 10.9. The molecule has 1 heterocycles. The summed E-state index contributed by atoms with van der Waals surface area (Å²) in [4.78, 5) is 4.55. The second-order valence-electron chi connectivity index (χ2n) is 7.81. The van der Waals surface area contributed by atoms with Crippen molar-refractivity contribution in [1.29, 1.82) is 0 Å². The molecule has 4 aromatic rings. The number of alkyl halides is 3. The minimum atomic E-state index is -4.47. The summed E-state index contributed by atoms with van der Waals surface area (Å²) in [6, 6.07) is 27.3. The molecule has 0 aliphatic carbocycles. The van der Waals surface area contributed by atoms with E-state index in [0.29, 0.717) is 29.5 Å². The molecule has 0 amide bonds. The van der Waals surface area contributed by atoms with Crippen molar-refractivity contribution in [2.24, 2.45) is 0 Å². The van der Waals surface area contributed by atoms with E-state index >= 15 is 0 Å². The van der Waals surface area contributed by atoms with E-state index in [9.17, 15) is 13.2 Å². The molecule has 7 heteroatoms. The average molecular weight is 489 g/mol. The van der Waals surface area contributed by atoms with E-state index in [1.54, 1.807) is 24.3 Å². The van der Waals surface area contributed by atoms with Crippen molar-refractivity contribution in [3.63, 3.8) is 0 Å². The van der Waals surface area contributed by atoms with Crippen molar-refractivity contribution in [3.05, 3.63) is 108 Å². The van der Waals surface area contributed by atoms with Crippen molar-refractivity contribution in [2.75, 3.05) is 6.61 Å². The van der Waals surface area contributed by atoms with Crippen molar-refractivity contribution < 1.29 is 27.4 Å². The Kier molecular flexibility index (Phi) is 7.76. The molecule has 0 unspecified atom stereocenters. The summed E-state index contributed by atoms with van der Waals surface area (Å²) in [5.41, 5.74) is 3.35. The van der Waals surface area contributed by atoms with Crippen molar-refractivity contribution >= 4 is 0 Å². The van der Waals surface area contributed by atoms with Crippen LogP contribution in [0.15, 0.2) is 91.0 Å². The summed E-state index contributed by atoms with van der Waals surface area (Å²) < 4.78 is 54.6. The van der Waals surface area contributed by atoms with Crippen LogP contribution in [-0.4, -0.2) is 17.8 Å². The Bertz CT molecular complexity index is 1330. The first-order valence-electron chi connectivity index (χ1n) is 11.1. The van der Waals surface area contributed by atoms with Crippen LogP contribution in [0.1, 0.15) is 16.7 Å². The van der Waals surface area contributed by atoms with E-state index in [-0.39, 0.29) is 17.9 Å². The molecule has 0 bridgehead atoms. The molecule has 182 valence electrons. The lowest BCUT2D eigenvalue weighted by atomic mass is 10.0. The van der Waals surface area contributed by atoms with Crippen molar-refractivity contribution in [3.8, 4) is 41.0 Å². The topological polar surface area (TPSA) is 40.6 Å². The zero-order chi connectivity index (χ0) is 25.4. The molecule has 3 aromatic carbocycles. The summed E-state index contributed by atoms with van der Waals surface area (Å²) in [7, 11) is 0. The Labute approximate surface area is 207 Å². The molecular weight excluding hydrogens is 467 g/mol. The Morgan fingerprint density at radius 2 is 1.39 bits per heavy atom. The van der Waals surface area contributed by atoms with Gasteiger partial charge in [-0.1, -0.05) is 72.7 Å². The molecule has 0 radical (unpaired) electrons. The van der Waals surface area contributed by atoms with Gasteiger partial charge in [-0.25, -0.2) is 0 Å². The highest BCUT2D eigenvalue weighted by molar-refractivity contribution is 5.72. The third-order valence-corrected chi connectivity index (χ3v) is 5.12. The summed E-state index contributed by atoms with van der Waals surface area (Å²) in [6.45, 7) is -0.836. The summed E-state index contributed by atoms with van der Waals surface area (Å²) in [5, 5.41) is 0. The zero-order valence-electron chi connectivity index (χ0n) is 19.2. The first-order chi connectivity index (χ1) is 17.4. The number of terminal acetylenes is 1. The van der Waals surface area contributed by atoms with Gasteiger partial charge < -0.3 is 14.2 Å². The quantitative estimate of drug-likeness (QED) is 0.242. The maximum absolute atomic E-state index is 12.6. The molecule has 1 aromatic heterocycles. The standard InChI is InChI=1S/C29H22F3NO3/c1-2-23-17-24(13-15-26(23)36-20-29(30,31)32)25-14-16-27(34-18-21-9-5-3-6-10-21)33-28(25)35-19-22-11-7-4-8-12-22/h1,3-17H,18-20H2. The van der Waals surface area contributed by atoms with Gasteiger partial charge in [-0.05, 0) is 34.9 Å². The third kappa shape index (κ3) is 6.80. The Balaban J connectivity index is 1.62. The average Bonchev–Trinajstić information content (AvgIpc) is 2.90. The van der Waals surface area contributed by atoms with E-state index in [4.69, 9.17) is 20.6 Å². The monoisotopic (exact) mass is 489 g/mol. The van der Waals surface area contributed by atoms with Crippen LogP contribution < -0.4 is 14.2 Å². The molecule has 0 saturated carbocycles. The molecule has 0 N–H and O–H groups in total. The number of rotatable bonds is 9. The molecule has 0 aliphatic heterocycles. The fraction of sp³-hybridized carbons (Fsp3) is 0.138. The van der Waals surface area contributed by atoms with Gasteiger partial charge in [0.1, 0.15) is 19.0 Å². The molecule has 0 fully saturated rings. The highest BCUT2D eigenvalue weighted by Crippen LogP contribution is 2.34. The van der Waals surface area contributed by atoms with Crippen LogP contribution >= 0.6 is 0 Å². The predicted octanol–water partition coefficient (Wildman–Crippen LogP) is 6.83. The number of hydrogen-bond donors (Lipinski definition) is 0. The zero-order valence-corrected chi connectivity index (χ0v) is 19.2. The minimum absolute atomic E-state index is 0.0268.